The molecule has 1 nitrogen and oxygen atoms in total. The minimum Gasteiger partial charge on any atom is -0.388 e. The summed E-state index contributed by atoms with van der Waals surface area (Å²) in [5, 5.41) is 9.71. The van der Waals surface area contributed by atoms with Gasteiger partial charge in [-0.25, -0.2) is 4.39 Å². The van der Waals surface area contributed by atoms with Crippen LogP contribution in [-0.2, 0) is 6.18 Å². The van der Waals surface area contributed by atoms with Crippen LogP contribution in [0.5, 0.6) is 0 Å². The van der Waals surface area contributed by atoms with E-state index in [9.17, 15) is 22.7 Å². The van der Waals surface area contributed by atoms with Gasteiger partial charge in [0, 0.05) is 0 Å². The summed E-state index contributed by atoms with van der Waals surface area (Å²) in [6.07, 6.45) is -3.23. The second kappa shape index (κ2) is 4.29. The van der Waals surface area contributed by atoms with Crippen LogP contribution in [0.2, 0.25) is 0 Å². The molecule has 0 radical (unpaired) electrons. The highest BCUT2D eigenvalue weighted by atomic mass is 19.4. The van der Waals surface area contributed by atoms with Crippen LogP contribution >= 0.6 is 0 Å². The van der Waals surface area contributed by atoms with Crippen molar-refractivity contribution in [2.75, 3.05) is 0 Å². The molecule has 5 heteroatoms. The molecule has 0 amide bonds. The summed E-state index contributed by atoms with van der Waals surface area (Å²) in [7, 11) is 0. The van der Waals surface area contributed by atoms with Gasteiger partial charge in [-0.1, -0.05) is 12.8 Å². The predicted octanol–water partition coefficient (Wildman–Crippen LogP) is 3.68. The minimum absolute atomic E-state index is 0.00391. The van der Waals surface area contributed by atoms with Gasteiger partial charge in [0.2, 0.25) is 0 Å². The van der Waals surface area contributed by atoms with E-state index >= 15 is 0 Å². The van der Waals surface area contributed by atoms with Crippen molar-refractivity contribution in [2.24, 2.45) is 5.92 Å². The van der Waals surface area contributed by atoms with Crippen LogP contribution in [0.1, 0.15) is 36.5 Å². The van der Waals surface area contributed by atoms with Gasteiger partial charge < -0.3 is 5.11 Å². The number of benzene rings is 1. The fraction of sp³-hybridized carbons (Fsp3) is 0.500. The van der Waals surface area contributed by atoms with E-state index in [1.165, 1.54) is 0 Å². The number of alkyl halides is 3. The molecular weight excluding hydrogens is 236 g/mol. The summed E-state index contributed by atoms with van der Waals surface area (Å²) in [5.74, 6) is -0.604. The lowest BCUT2D eigenvalue weighted by atomic mass is 10.0. The molecule has 1 aromatic carbocycles. The first kappa shape index (κ1) is 12.4. The summed E-state index contributed by atoms with van der Waals surface area (Å²) >= 11 is 0. The molecule has 0 saturated heterocycles. The fourth-order valence-electron chi connectivity index (χ4n) is 1.77. The Kier molecular flexibility index (Phi) is 3.12. The highest BCUT2D eigenvalue weighted by Crippen LogP contribution is 2.39. The molecule has 0 aromatic heterocycles. The van der Waals surface area contributed by atoms with E-state index in [4.69, 9.17) is 0 Å². The van der Waals surface area contributed by atoms with Crippen molar-refractivity contribution in [2.45, 2.75) is 31.5 Å². The third kappa shape index (κ3) is 3.19. The summed E-state index contributed by atoms with van der Waals surface area (Å²) in [4.78, 5) is 0. The Morgan fingerprint density at radius 1 is 1.24 bits per heavy atom. The van der Waals surface area contributed by atoms with Gasteiger partial charge in [-0.15, -0.1) is 0 Å². The molecular formula is C12H12F4O. The van der Waals surface area contributed by atoms with E-state index < -0.39 is 23.7 Å². The monoisotopic (exact) mass is 248 g/mol. The van der Waals surface area contributed by atoms with Crippen LogP contribution in [0, 0.1) is 11.7 Å². The van der Waals surface area contributed by atoms with E-state index in [0.29, 0.717) is 18.4 Å². The highest BCUT2D eigenvalue weighted by Gasteiger charge is 2.32. The molecule has 1 aromatic rings. The van der Waals surface area contributed by atoms with E-state index in [1.807, 2.05) is 0 Å². The Hall–Kier alpha value is -1.10. The summed E-state index contributed by atoms with van der Waals surface area (Å²) in [6.45, 7) is 0. The summed E-state index contributed by atoms with van der Waals surface area (Å²) < 4.78 is 50.4. The molecule has 1 fully saturated rings. The molecule has 1 N–H and O–H groups in total. The molecule has 0 bridgehead atoms. The molecule has 1 saturated carbocycles. The second-order valence-electron chi connectivity index (χ2n) is 4.47. The van der Waals surface area contributed by atoms with E-state index in [1.54, 1.807) is 0 Å². The molecule has 2 rings (SSSR count). The summed E-state index contributed by atoms with van der Waals surface area (Å²) in [6, 6.07) is 2.21. The van der Waals surface area contributed by atoms with Gasteiger partial charge in [-0.05, 0) is 36.1 Å². The third-order valence-electron chi connectivity index (χ3n) is 2.89. The first-order chi connectivity index (χ1) is 7.86. The Morgan fingerprint density at radius 2 is 1.88 bits per heavy atom. The molecule has 17 heavy (non-hydrogen) atoms. The lowest BCUT2D eigenvalue weighted by Crippen LogP contribution is -2.08. The zero-order valence-electron chi connectivity index (χ0n) is 8.97. The molecule has 1 atom stereocenters. The van der Waals surface area contributed by atoms with Gasteiger partial charge in [-0.3, -0.25) is 0 Å². The van der Waals surface area contributed by atoms with Crippen LogP contribution in [-0.4, -0.2) is 5.11 Å². The highest BCUT2D eigenvalue weighted by molar-refractivity contribution is 5.28. The molecule has 1 unspecified atom stereocenters. The fourth-order valence-corrected chi connectivity index (χ4v) is 1.77. The average Bonchev–Trinajstić information content (AvgIpc) is 2.99. The lowest BCUT2D eigenvalue weighted by molar-refractivity contribution is -0.137. The normalized spacial score (nSPS) is 18.2. The van der Waals surface area contributed by atoms with Crippen LogP contribution in [0.3, 0.4) is 0 Å². The van der Waals surface area contributed by atoms with Gasteiger partial charge in [0.15, 0.2) is 0 Å². The quantitative estimate of drug-likeness (QED) is 0.809. The molecule has 0 heterocycles. The van der Waals surface area contributed by atoms with Crippen molar-refractivity contribution in [3.8, 4) is 0 Å². The van der Waals surface area contributed by atoms with Crippen LogP contribution < -0.4 is 0 Å². The molecule has 1 aliphatic rings. The molecule has 0 aliphatic heterocycles. The minimum atomic E-state index is -4.59. The number of aliphatic hydroxyl groups is 1. The topological polar surface area (TPSA) is 20.2 Å². The smallest absolute Gasteiger partial charge is 0.388 e. The Morgan fingerprint density at radius 3 is 2.41 bits per heavy atom. The summed E-state index contributed by atoms with van der Waals surface area (Å²) in [5.41, 5.74) is -1.05. The molecule has 0 spiro atoms. The van der Waals surface area contributed by atoms with E-state index in [0.717, 1.165) is 25.0 Å². The average molecular weight is 248 g/mol. The van der Waals surface area contributed by atoms with Gasteiger partial charge in [-0.2, -0.15) is 13.2 Å². The first-order valence-electron chi connectivity index (χ1n) is 5.42. The van der Waals surface area contributed by atoms with Crippen molar-refractivity contribution in [1.29, 1.82) is 0 Å². The number of rotatable bonds is 3. The van der Waals surface area contributed by atoms with Crippen LogP contribution in [0.4, 0.5) is 17.6 Å². The van der Waals surface area contributed by atoms with E-state index in [-0.39, 0.29) is 5.56 Å². The third-order valence-corrected chi connectivity index (χ3v) is 2.89. The number of aliphatic hydroxyl groups excluding tert-OH is 1. The Balaban J connectivity index is 2.23. The zero-order chi connectivity index (χ0) is 12.6. The van der Waals surface area contributed by atoms with Crippen molar-refractivity contribution in [3.05, 3.63) is 35.1 Å². The largest absolute Gasteiger partial charge is 0.416 e. The maximum absolute atomic E-state index is 13.1. The lowest BCUT2D eigenvalue weighted by Gasteiger charge is -2.13. The maximum Gasteiger partial charge on any atom is 0.416 e. The van der Waals surface area contributed by atoms with Crippen molar-refractivity contribution >= 4 is 0 Å². The van der Waals surface area contributed by atoms with E-state index in [2.05, 4.69) is 0 Å². The Bertz CT molecular complexity index is 409. The number of hydrogen-bond donors (Lipinski definition) is 1. The molecule has 1 aliphatic carbocycles. The Labute approximate surface area is 96.1 Å². The van der Waals surface area contributed by atoms with Crippen molar-refractivity contribution in [1.82, 2.24) is 0 Å². The van der Waals surface area contributed by atoms with Gasteiger partial charge in [0.25, 0.3) is 0 Å². The van der Waals surface area contributed by atoms with Crippen molar-refractivity contribution in [3.63, 3.8) is 0 Å². The SMILES string of the molecule is OC(CC1CC1)c1cc(F)cc(C(F)(F)F)c1. The van der Waals surface area contributed by atoms with Crippen molar-refractivity contribution < 1.29 is 22.7 Å². The van der Waals surface area contributed by atoms with Crippen LogP contribution in [0.25, 0.3) is 0 Å². The zero-order valence-corrected chi connectivity index (χ0v) is 8.97. The number of halogens is 4. The predicted molar refractivity (Wildman–Crippen MR) is 53.7 cm³/mol. The van der Waals surface area contributed by atoms with Gasteiger partial charge in [0.05, 0.1) is 11.7 Å². The standard InChI is InChI=1S/C12H12F4O/c13-10-5-8(11(17)3-7-1-2-7)4-9(6-10)12(14,15)16/h4-7,11,17H,1-3H2. The van der Waals surface area contributed by atoms with Crippen LogP contribution in [0.15, 0.2) is 18.2 Å². The van der Waals surface area contributed by atoms with Gasteiger partial charge in [0.1, 0.15) is 5.82 Å². The first-order valence-corrected chi connectivity index (χ1v) is 5.42. The second-order valence-corrected chi connectivity index (χ2v) is 4.47. The maximum atomic E-state index is 13.1. The van der Waals surface area contributed by atoms with Gasteiger partial charge >= 0.3 is 6.18 Å². The molecule has 94 valence electrons. The number of hydrogen-bond acceptors (Lipinski definition) is 1.